The van der Waals surface area contributed by atoms with E-state index in [2.05, 4.69) is 6.92 Å². The Morgan fingerprint density at radius 3 is 2.59 bits per heavy atom. The Morgan fingerprint density at radius 2 is 2.12 bits per heavy atom. The van der Waals surface area contributed by atoms with Gasteiger partial charge in [0.25, 0.3) is 0 Å². The van der Waals surface area contributed by atoms with Crippen LogP contribution in [-0.4, -0.2) is 16.2 Å². The highest BCUT2D eigenvalue weighted by Crippen LogP contribution is 2.31. The van der Waals surface area contributed by atoms with E-state index in [0.717, 1.165) is 25.7 Å². The van der Waals surface area contributed by atoms with Crippen molar-refractivity contribution in [2.75, 3.05) is 0 Å². The molecular formula is C12H19ClO3S. The van der Waals surface area contributed by atoms with Gasteiger partial charge < -0.3 is 10.2 Å². The third kappa shape index (κ3) is 4.30. The summed E-state index contributed by atoms with van der Waals surface area (Å²) in [6.07, 6.45) is 4.19. The van der Waals surface area contributed by atoms with Crippen LogP contribution in [-0.2, 0) is 10.4 Å². The summed E-state index contributed by atoms with van der Waals surface area (Å²) in [6.45, 7) is 2.10. The molecule has 0 radical (unpaired) electrons. The lowest BCUT2D eigenvalue weighted by molar-refractivity contribution is -0.160. The molecule has 5 heteroatoms. The molecule has 0 aliphatic carbocycles. The van der Waals surface area contributed by atoms with Crippen molar-refractivity contribution in [3.05, 3.63) is 22.4 Å². The van der Waals surface area contributed by atoms with Crippen molar-refractivity contribution >= 4 is 29.7 Å². The van der Waals surface area contributed by atoms with E-state index in [1.54, 1.807) is 17.5 Å². The Hall–Kier alpha value is -0.580. The number of carboxylic acids is 1. The molecule has 17 heavy (non-hydrogen) atoms. The maximum atomic E-state index is 11.1. The smallest absolute Gasteiger partial charge is 0.341 e. The van der Waals surface area contributed by atoms with Crippen molar-refractivity contribution in [3.63, 3.8) is 0 Å². The lowest BCUT2D eigenvalue weighted by Crippen LogP contribution is -2.34. The van der Waals surface area contributed by atoms with Gasteiger partial charge in [0.15, 0.2) is 5.60 Å². The fourth-order valence-corrected chi connectivity index (χ4v) is 2.50. The Balaban J connectivity index is 0.00000256. The number of aliphatic hydroxyl groups is 1. The van der Waals surface area contributed by atoms with Crippen molar-refractivity contribution in [2.24, 2.45) is 0 Å². The van der Waals surface area contributed by atoms with E-state index >= 15 is 0 Å². The normalized spacial score (nSPS) is 13.8. The molecule has 1 aromatic rings. The largest absolute Gasteiger partial charge is 0.479 e. The maximum absolute atomic E-state index is 11.1. The minimum absolute atomic E-state index is 0. The number of unbranched alkanes of at least 4 members (excludes halogenated alkanes) is 3. The van der Waals surface area contributed by atoms with Gasteiger partial charge in [0.2, 0.25) is 0 Å². The van der Waals surface area contributed by atoms with Gasteiger partial charge in [0.05, 0.1) is 0 Å². The SMILES string of the molecule is CCCCCCC(O)(C(=O)O)c1cccs1.Cl. The van der Waals surface area contributed by atoms with Gasteiger partial charge >= 0.3 is 5.97 Å². The number of hydrogen-bond acceptors (Lipinski definition) is 3. The topological polar surface area (TPSA) is 57.5 Å². The van der Waals surface area contributed by atoms with Crippen molar-refractivity contribution < 1.29 is 15.0 Å². The fourth-order valence-electron chi connectivity index (χ4n) is 1.66. The molecule has 0 aliphatic rings. The Bertz CT molecular complexity index is 327. The third-order valence-electron chi connectivity index (χ3n) is 2.67. The first-order valence-electron chi connectivity index (χ1n) is 5.61. The van der Waals surface area contributed by atoms with Crippen LogP contribution in [0.2, 0.25) is 0 Å². The first-order valence-corrected chi connectivity index (χ1v) is 6.49. The summed E-state index contributed by atoms with van der Waals surface area (Å²) in [4.78, 5) is 11.7. The van der Waals surface area contributed by atoms with Crippen LogP contribution in [0.4, 0.5) is 0 Å². The molecule has 1 heterocycles. The second-order valence-electron chi connectivity index (χ2n) is 3.95. The lowest BCUT2D eigenvalue weighted by atomic mass is 9.94. The van der Waals surface area contributed by atoms with Crippen LogP contribution in [0.25, 0.3) is 0 Å². The average Bonchev–Trinajstić information content (AvgIpc) is 2.77. The molecule has 1 rings (SSSR count). The minimum Gasteiger partial charge on any atom is -0.479 e. The average molecular weight is 279 g/mol. The first-order chi connectivity index (χ1) is 7.61. The van der Waals surface area contributed by atoms with Crippen molar-refractivity contribution in [1.29, 1.82) is 0 Å². The number of halogens is 1. The quantitative estimate of drug-likeness (QED) is 0.752. The molecule has 1 atom stereocenters. The predicted octanol–water partition coefficient (Wildman–Crippen LogP) is 3.41. The second-order valence-corrected chi connectivity index (χ2v) is 4.90. The van der Waals surface area contributed by atoms with E-state index in [1.165, 1.54) is 11.3 Å². The van der Waals surface area contributed by atoms with Gasteiger partial charge in [-0.3, -0.25) is 0 Å². The van der Waals surface area contributed by atoms with E-state index in [-0.39, 0.29) is 12.4 Å². The van der Waals surface area contributed by atoms with E-state index in [4.69, 9.17) is 5.11 Å². The van der Waals surface area contributed by atoms with Gasteiger partial charge in [-0.25, -0.2) is 4.79 Å². The van der Waals surface area contributed by atoms with E-state index < -0.39 is 11.6 Å². The molecule has 0 fully saturated rings. The van der Waals surface area contributed by atoms with Gasteiger partial charge in [-0.2, -0.15) is 0 Å². The van der Waals surface area contributed by atoms with Crippen LogP contribution in [0.1, 0.15) is 43.9 Å². The molecule has 0 saturated carbocycles. The molecule has 98 valence electrons. The van der Waals surface area contributed by atoms with Crippen LogP contribution in [0.5, 0.6) is 0 Å². The van der Waals surface area contributed by atoms with Crippen molar-refractivity contribution in [3.8, 4) is 0 Å². The van der Waals surface area contributed by atoms with Crippen LogP contribution < -0.4 is 0 Å². The Labute approximate surface area is 112 Å². The highest BCUT2D eigenvalue weighted by molar-refractivity contribution is 7.10. The summed E-state index contributed by atoms with van der Waals surface area (Å²) in [5, 5.41) is 21.1. The molecule has 1 unspecified atom stereocenters. The standard InChI is InChI=1S/C12H18O3S.ClH/c1-2-3-4-5-8-12(15,11(13)14)10-7-6-9-16-10;/h6-7,9,15H,2-5,8H2,1H3,(H,13,14);1H. The van der Waals surface area contributed by atoms with Gasteiger partial charge in [0.1, 0.15) is 0 Å². The van der Waals surface area contributed by atoms with Crippen LogP contribution >= 0.6 is 23.7 Å². The molecule has 3 nitrogen and oxygen atoms in total. The Kier molecular flexibility index (Phi) is 7.43. The molecule has 0 spiro atoms. The van der Waals surface area contributed by atoms with E-state index in [1.807, 2.05) is 0 Å². The zero-order valence-corrected chi connectivity index (χ0v) is 11.5. The van der Waals surface area contributed by atoms with Crippen LogP contribution in [0.15, 0.2) is 17.5 Å². The third-order valence-corrected chi connectivity index (χ3v) is 3.70. The monoisotopic (exact) mass is 278 g/mol. The number of rotatable bonds is 7. The second kappa shape index (κ2) is 7.69. The summed E-state index contributed by atoms with van der Waals surface area (Å²) in [6, 6.07) is 3.44. The fraction of sp³-hybridized carbons (Fsp3) is 0.583. The molecular weight excluding hydrogens is 260 g/mol. The predicted molar refractivity (Wildman–Crippen MR) is 71.9 cm³/mol. The first kappa shape index (κ1) is 16.4. The molecule has 0 aromatic carbocycles. The number of carboxylic acid groups (broad SMARTS) is 1. The van der Waals surface area contributed by atoms with Gasteiger partial charge in [-0.05, 0) is 24.3 Å². The van der Waals surface area contributed by atoms with Gasteiger partial charge in [0, 0.05) is 4.88 Å². The number of thiophene rings is 1. The van der Waals surface area contributed by atoms with E-state index in [0.29, 0.717) is 11.3 Å². The molecule has 0 bridgehead atoms. The maximum Gasteiger partial charge on any atom is 0.341 e. The number of hydrogen-bond donors (Lipinski definition) is 2. The van der Waals surface area contributed by atoms with Gasteiger partial charge in [-0.1, -0.05) is 32.3 Å². The van der Waals surface area contributed by atoms with E-state index in [9.17, 15) is 9.90 Å². The van der Waals surface area contributed by atoms with Crippen LogP contribution in [0.3, 0.4) is 0 Å². The summed E-state index contributed by atoms with van der Waals surface area (Å²) < 4.78 is 0. The zero-order valence-electron chi connectivity index (χ0n) is 9.89. The molecule has 0 amide bonds. The summed E-state index contributed by atoms with van der Waals surface area (Å²) in [5.74, 6) is -1.15. The number of carbonyl (C=O) groups is 1. The Morgan fingerprint density at radius 1 is 1.41 bits per heavy atom. The van der Waals surface area contributed by atoms with Gasteiger partial charge in [-0.15, -0.1) is 23.7 Å². The molecule has 1 aromatic heterocycles. The zero-order chi connectivity index (χ0) is 12.0. The highest BCUT2D eigenvalue weighted by Gasteiger charge is 2.38. The lowest BCUT2D eigenvalue weighted by Gasteiger charge is -2.21. The number of aliphatic carboxylic acids is 1. The van der Waals surface area contributed by atoms with Crippen LogP contribution in [0, 0.1) is 0 Å². The molecule has 0 saturated heterocycles. The van der Waals surface area contributed by atoms with Crippen molar-refractivity contribution in [1.82, 2.24) is 0 Å². The molecule has 0 aliphatic heterocycles. The van der Waals surface area contributed by atoms with Crippen molar-refractivity contribution in [2.45, 2.75) is 44.6 Å². The summed E-state index contributed by atoms with van der Waals surface area (Å²) in [7, 11) is 0. The highest BCUT2D eigenvalue weighted by atomic mass is 35.5. The summed E-state index contributed by atoms with van der Waals surface area (Å²) >= 11 is 1.29. The molecule has 2 N–H and O–H groups in total. The summed E-state index contributed by atoms with van der Waals surface area (Å²) in [5.41, 5.74) is -1.69. The minimum atomic E-state index is -1.69.